The third-order valence-corrected chi connectivity index (χ3v) is 3.41. The molecule has 2 rings (SSSR count). The third-order valence-electron chi connectivity index (χ3n) is 3.41. The number of nitrogens with one attached hydrogen (secondary N) is 2. The van der Waals surface area contributed by atoms with E-state index in [1.165, 1.54) is 6.20 Å². The summed E-state index contributed by atoms with van der Waals surface area (Å²) in [6, 6.07) is 9.10. The number of carbonyl (C=O) groups is 3. The highest BCUT2D eigenvalue weighted by molar-refractivity contribution is 5.95. The van der Waals surface area contributed by atoms with Gasteiger partial charge in [-0.25, -0.2) is 19.8 Å². The van der Waals surface area contributed by atoms with Crippen molar-refractivity contribution in [2.45, 2.75) is 59.4 Å². The Balaban J connectivity index is 2.18. The summed E-state index contributed by atoms with van der Waals surface area (Å²) >= 11 is 0. The molecule has 0 saturated carbocycles. The highest BCUT2D eigenvalue weighted by Gasteiger charge is 2.25. The summed E-state index contributed by atoms with van der Waals surface area (Å²) < 4.78 is 16.6. The van der Waals surface area contributed by atoms with Crippen molar-refractivity contribution < 1.29 is 28.6 Å². The van der Waals surface area contributed by atoms with Gasteiger partial charge in [-0.2, -0.15) is 4.68 Å². The smallest absolute Gasteiger partial charge is 0.435 e. The maximum absolute atomic E-state index is 12.6. The van der Waals surface area contributed by atoms with E-state index >= 15 is 0 Å². The van der Waals surface area contributed by atoms with Gasteiger partial charge in [0.2, 0.25) is 0 Å². The zero-order chi connectivity index (χ0) is 23.2. The average molecular weight is 432 g/mol. The van der Waals surface area contributed by atoms with Crippen LogP contribution >= 0.6 is 0 Å². The summed E-state index contributed by atoms with van der Waals surface area (Å²) in [7, 11) is 0. The molecule has 2 N–H and O–H groups in total. The largest absolute Gasteiger partial charge is 0.457 e. The normalized spacial score (nSPS) is 11.4. The second kappa shape index (κ2) is 9.50. The first-order valence-corrected chi connectivity index (χ1v) is 9.63. The fraction of sp³-hybridized carbons (Fsp3) is 0.429. The summed E-state index contributed by atoms with van der Waals surface area (Å²) in [6.07, 6.45) is -0.418. The number of nitrogens with zero attached hydrogens (tertiary/aromatic N) is 2. The van der Waals surface area contributed by atoms with Crippen LogP contribution in [0.3, 0.4) is 0 Å². The quantitative estimate of drug-likeness (QED) is 0.415. The summed E-state index contributed by atoms with van der Waals surface area (Å²) in [6.45, 7) is 10.2. The van der Waals surface area contributed by atoms with E-state index in [1.807, 2.05) is 18.2 Å². The molecule has 10 nitrogen and oxygen atoms in total. The number of ether oxygens (including phenoxy) is 3. The molecule has 0 bridgehead atoms. The van der Waals surface area contributed by atoms with Crippen LogP contribution < -0.4 is 10.9 Å². The molecule has 2 aromatic rings. The lowest BCUT2D eigenvalue weighted by atomic mass is 10.2. The molecule has 0 aliphatic carbocycles. The summed E-state index contributed by atoms with van der Waals surface area (Å²) in [5.74, 6) is -0.845. The molecule has 168 valence electrons. The number of hydrazine groups is 1. The van der Waals surface area contributed by atoms with Crippen molar-refractivity contribution in [1.29, 1.82) is 0 Å². The minimum atomic E-state index is -0.796. The van der Waals surface area contributed by atoms with Crippen LogP contribution in [0.4, 0.5) is 15.4 Å². The van der Waals surface area contributed by atoms with Crippen LogP contribution in [0, 0.1) is 0 Å². The Morgan fingerprint density at radius 1 is 0.968 bits per heavy atom. The molecule has 10 heteroatoms. The van der Waals surface area contributed by atoms with Gasteiger partial charge in [0.25, 0.3) is 0 Å². The Morgan fingerprint density at radius 2 is 1.58 bits per heavy atom. The number of carbonyl (C=O) groups excluding carboxylic acids is 3. The summed E-state index contributed by atoms with van der Waals surface area (Å²) in [4.78, 5) is 36.9. The lowest BCUT2D eigenvalue weighted by Crippen LogP contribution is -2.36. The van der Waals surface area contributed by atoms with Crippen molar-refractivity contribution in [3.63, 3.8) is 0 Å². The van der Waals surface area contributed by atoms with Gasteiger partial charge in [-0.05, 0) is 47.1 Å². The van der Waals surface area contributed by atoms with E-state index in [0.29, 0.717) is 0 Å². The maximum Gasteiger partial charge on any atom is 0.435 e. The topological polar surface area (TPSA) is 121 Å². The van der Waals surface area contributed by atoms with Crippen molar-refractivity contribution in [2.75, 3.05) is 5.43 Å². The first-order chi connectivity index (χ1) is 14.3. The lowest BCUT2D eigenvalue weighted by molar-refractivity contribution is 0.0469. The number of hydrogen-bond donors (Lipinski definition) is 2. The van der Waals surface area contributed by atoms with Gasteiger partial charge < -0.3 is 14.2 Å². The van der Waals surface area contributed by atoms with Gasteiger partial charge in [0, 0.05) is 0 Å². The lowest BCUT2D eigenvalue weighted by Gasteiger charge is -2.19. The van der Waals surface area contributed by atoms with Crippen LogP contribution in [-0.4, -0.2) is 39.1 Å². The highest BCUT2D eigenvalue weighted by atomic mass is 16.6. The van der Waals surface area contributed by atoms with Gasteiger partial charge in [0.05, 0.1) is 6.20 Å². The van der Waals surface area contributed by atoms with Crippen molar-refractivity contribution >= 4 is 24.0 Å². The Hall–Kier alpha value is -3.56. The number of anilines is 1. The Morgan fingerprint density at radius 3 is 2.16 bits per heavy atom. The number of benzene rings is 1. The number of amides is 1. The SMILES string of the molecule is CC(C)(C)OC(=O)NNc1nn(C(=O)OC(C)(C)C)cc1C(=O)OCc1ccccc1. The van der Waals surface area contributed by atoms with E-state index in [1.54, 1.807) is 53.7 Å². The van der Waals surface area contributed by atoms with Crippen LogP contribution in [0.1, 0.15) is 57.5 Å². The molecule has 1 heterocycles. The Kier molecular flexibility index (Phi) is 7.27. The highest BCUT2D eigenvalue weighted by Crippen LogP contribution is 2.17. The van der Waals surface area contributed by atoms with Crippen molar-refractivity contribution in [2.24, 2.45) is 0 Å². The minimum absolute atomic E-state index is 0.0240. The monoisotopic (exact) mass is 432 g/mol. The van der Waals surface area contributed by atoms with E-state index < -0.39 is 29.4 Å². The summed E-state index contributed by atoms with van der Waals surface area (Å²) in [5.41, 5.74) is 4.00. The standard InChI is InChI=1S/C21H28N4O6/c1-20(2,3)30-18(27)23-22-16-15(12-25(24-16)19(28)31-21(4,5)6)17(26)29-13-14-10-8-7-9-11-14/h7-12H,13H2,1-6H3,(H,22,24)(H,23,27). The van der Waals surface area contributed by atoms with Gasteiger partial charge in [-0.3, -0.25) is 5.43 Å². The summed E-state index contributed by atoms with van der Waals surface area (Å²) in [5, 5.41) is 4.00. The number of aromatic nitrogens is 2. The van der Waals surface area contributed by atoms with Gasteiger partial charge in [0.1, 0.15) is 23.4 Å². The van der Waals surface area contributed by atoms with E-state index in [0.717, 1.165) is 10.2 Å². The molecule has 1 aromatic heterocycles. The van der Waals surface area contributed by atoms with Gasteiger partial charge in [-0.15, -0.1) is 5.10 Å². The first kappa shape index (κ1) is 23.7. The molecule has 31 heavy (non-hydrogen) atoms. The second-order valence-corrected chi connectivity index (χ2v) is 8.63. The number of rotatable bonds is 5. The van der Waals surface area contributed by atoms with Crippen molar-refractivity contribution in [3.05, 3.63) is 47.7 Å². The zero-order valence-corrected chi connectivity index (χ0v) is 18.5. The van der Waals surface area contributed by atoms with Crippen LogP contribution in [0.2, 0.25) is 0 Å². The van der Waals surface area contributed by atoms with Crippen molar-refractivity contribution in [3.8, 4) is 0 Å². The predicted octanol–water partition coefficient (Wildman–Crippen LogP) is 3.87. The van der Waals surface area contributed by atoms with Gasteiger partial charge in [-0.1, -0.05) is 30.3 Å². The molecule has 1 amide bonds. The van der Waals surface area contributed by atoms with Crippen LogP contribution in [0.15, 0.2) is 36.5 Å². The molecule has 1 aromatic carbocycles. The fourth-order valence-corrected chi connectivity index (χ4v) is 2.23. The molecule has 0 aliphatic heterocycles. The van der Waals surface area contributed by atoms with Crippen LogP contribution in [0.25, 0.3) is 0 Å². The molecular formula is C21H28N4O6. The molecule has 0 aliphatic rings. The van der Waals surface area contributed by atoms with Gasteiger partial charge in [0.15, 0.2) is 5.82 Å². The average Bonchev–Trinajstić information content (AvgIpc) is 3.07. The van der Waals surface area contributed by atoms with E-state index in [4.69, 9.17) is 14.2 Å². The molecule has 0 saturated heterocycles. The van der Waals surface area contributed by atoms with Crippen molar-refractivity contribution in [1.82, 2.24) is 15.2 Å². The van der Waals surface area contributed by atoms with E-state index in [-0.39, 0.29) is 18.0 Å². The molecule has 0 atom stereocenters. The maximum atomic E-state index is 12.6. The molecule has 0 fully saturated rings. The Labute approximate surface area is 180 Å². The molecule has 0 radical (unpaired) electrons. The van der Waals surface area contributed by atoms with E-state index in [2.05, 4.69) is 16.0 Å². The number of hydrogen-bond acceptors (Lipinski definition) is 8. The van der Waals surface area contributed by atoms with Crippen LogP contribution in [0.5, 0.6) is 0 Å². The third kappa shape index (κ3) is 8.00. The van der Waals surface area contributed by atoms with Gasteiger partial charge >= 0.3 is 18.2 Å². The van der Waals surface area contributed by atoms with E-state index in [9.17, 15) is 14.4 Å². The fourth-order valence-electron chi connectivity index (χ4n) is 2.23. The second-order valence-electron chi connectivity index (χ2n) is 8.63. The van der Waals surface area contributed by atoms with Crippen LogP contribution in [-0.2, 0) is 20.8 Å². The predicted molar refractivity (Wildman–Crippen MR) is 112 cm³/mol. The Bertz CT molecular complexity index is 926. The molecule has 0 unspecified atom stereocenters. The molecule has 0 spiro atoms. The molecular weight excluding hydrogens is 404 g/mol. The number of esters is 1. The minimum Gasteiger partial charge on any atom is -0.457 e. The first-order valence-electron chi connectivity index (χ1n) is 9.63. The zero-order valence-electron chi connectivity index (χ0n) is 18.5.